The molecule has 88 valence electrons. The first-order valence-electron chi connectivity index (χ1n) is 5.38. The zero-order valence-electron chi connectivity index (χ0n) is 9.22. The third-order valence-electron chi connectivity index (χ3n) is 2.21. The van der Waals surface area contributed by atoms with E-state index in [1.165, 1.54) is 6.07 Å². The smallest absolute Gasteiger partial charge is 0.224 e. The van der Waals surface area contributed by atoms with Gasteiger partial charge >= 0.3 is 0 Å². The summed E-state index contributed by atoms with van der Waals surface area (Å²) >= 11 is 3.07. The van der Waals surface area contributed by atoms with Crippen LogP contribution >= 0.6 is 15.9 Å². The molecule has 0 bridgehead atoms. The number of carbonyl (C=O) groups excluding carboxylic acids is 1. The molecule has 0 aliphatic carbocycles. The molecule has 0 aliphatic rings. The molecule has 0 spiro atoms. The maximum absolute atomic E-state index is 12.9. The Bertz CT molecular complexity index is 368. The van der Waals surface area contributed by atoms with Gasteiger partial charge in [0.2, 0.25) is 5.91 Å². The highest BCUT2D eigenvalue weighted by molar-refractivity contribution is 9.10. The predicted octanol–water partition coefficient (Wildman–Crippen LogP) is 4.11. The number of hydrogen-bond donors (Lipinski definition) is 1. The summed E-state index contributed by atoms with van der Waals surface area (Å²) in [6.07, 6.45) is 3.56. The summed E-state index contributed by atoms with van der Waals surface area (Å²) in [5.41, 5.74) is 0.620. The number of amides is 1. The van der Waals surface area contributed by atoms with Crippen LogP contribution in [0.5, 0.6) is 0 Å². The Balaban J connectivity index is 2.46. The predicted molar refractivity (Wildman–Crippen MR) is 66.9 cm³/mol. The topological polar surface area (TPSA) is 29.1 Å². The van der Waals surface area contributed by atoms with Gasteiger partial charge in [-0.25, -0.2) is 4.39 Å². The summed E-state index contributed by atoms with van der Waals surface area (Å²) in [7, 11) is 0. The maximum Gasteiger partial charge on any atom is 0.224 e. The lowest BCUT2D eigenvalue weighted by atomic mass is 10.2. The number of carbonyl (C=O) groups is 1. The molecule has 1 aromatic carbocycles. The van der Waals surface area contributed by atoms with Crippen molar-refractivity contribution in [3.63, 3.8) is 0 Å². The van der Waals surface area contributed by atoms with Gasteiger partial charge in [-0.1, -0.05) is 19.8 Å². The van der Waals surface area contributed by atoms with E-state index in [4.69, 9.17) is 0 Å². The zero-order valence-corrected chi connectivity index (χ0v) is 10.8. The molecule has 0 fully saturated rings. The third-order valence-corrected chi connectivity index (χ3v) is 2.82. The monoisotopic (exact) mass is 287 g/mol. The molecule has 1 rings (SSSR count). The molecule has 0 atom stereocenters. The van der Waals surface area contributed by atoms with Gasteiger partial charge < -0.3 is 5.32 Å². The van der Waals surface area contributed by atoms with E-state index in [1.54, 1.807) is 12.1 Å². The van der Waals surface area contributed by atoms with Crippen molar-refractivity contribution in [3.05, 3.63) is 28.5 Å². The Kier molecular flexibility index (Phi) is 5.46. The number of rotatable bonds is 5. The van der Waals surface area contributed by atoms with E-state index >= 15 is 0 Å². The number of benzene rings is 1. The fourth-order valence-corrected chi connectivity index (χ4v) is 1.71. The van der Waals surface area contributed by atoms with E-state index in [-0.39, 0.29) is 11.7 Å². The number of halogens is 2. The van der Waals surface area contributed by atoms with Crippen molar-refractivity contribution in [2.45, 2.75) is 32.6 Å². The van der Waals surface area contributed by atoms with Crippen LogP contribution in [-0.2, 0) is 4.79 Å². The van der Waals surface area contributed by atoms with Crippen LogP contribution in [0.4, 0.5) is 10.1 Å². The van der Waals surface area contributed by atoms with Crippen LogP contribution in [0.2, 0.25) is 0 Å². The van der Waals surface area contributed by atoms with Gasteiger partial charge in [-0.15, -0.1) is 0 Å². The number of nitrogens with one attached hydrogen (secondary N) is 1. The SMILES string of the molecule is CCCCCC(=O)Nc1ccc(F)c(Br)c1. The Morgan fingerprint density at radius 2 is 2.19 bits per heavy atom. The van der Waals surface area contributed by atoms with Crippen LogP contribution in [0.1, 0.15) is 32.6 Å². The number of anilines is 1. The highest BCUT2D eigenvalue weighted by atomic mass is 79.9. The quantitative estimate of drug-likeness (QED) is 0.812. The summed E-state index contributed by atoms with van der Waals surface area (Å²) < 4.78 is 13.3. The van der Waals surface area contributed by atoms with E-state index < -0.39 is 0 Å². The van der Waals surface area contributed by atoms with Crippen LogP contribution in [0.3, 0.4) is 0 Å². The lowest BCUT2D eigenvalue weighted by molar-refractivity contribution is -0.116. The summed E-state index contributed by atoms with van der Waals surface area (Å²) in [6.45, 7) is 2.09. The molecule has 0 aliphatic heterocycles. The number of hydrogen-bond acceptors (Lipinski definition) is 1. The molecule has 0 saturated carbocycles. The third kappa shape index (κ3) is 4.31. The van der Waals surface area contributed by atoms with Crippen LogP contribution in [-0.4, -0.2) is 5.91 Å². The summed E-state index contributed by atoms with van der Waals surface area (Å²) in [4.78, 5) is 11.5. The molecule has 0 saturated heterocycles. The van der Waals surface area contributed by atoms with Crippen molar-refractivity contribution >= 4 is 27.5 Å². The van der Waals surface area contributed by atoms with Gasteiger partial charge in [0.05, 0.1) is 4.47 Å². The fourth-order valence-electron chi connectivity index (χ4n) is 1.33. The van der Waals surface area contributed by atoms with E-state index in [9.17, 15) is 9.18 Å². The number of unbranched alkanes of at least 4 members (excludes halogenated alkanes) is 2. The van der Waals surface area contributed by atoms with Gasteiger partial charge in [-0.2, -0.15) is 0 Å². The van der Waals surface area contributed by atoms with Crippen LogP contribution in [0.15, 0.2) is 22.7 Å². The van der Waals surface area contributed by atoms with Crippen molar-refractivity contribution in [3.8, 4) is 0 Å². The Hall–Kier alpha value is -0.900. The molecule has 1 aromatic rings. The average Bonchev–Trinajstić information content (AvgIpc) is 2.24. The second-order valence-corrected chi connectivity index (χ2v) is 4.49. The lowest BCUT2D eigenvalue weighted by Crippen LogP contribution is -2.11. The second kappa shape index (κ2) is 6.63. The van der Waals surface area contributed by atoms with E-state index in [2.05, 4.69) is 28.2 Å². The van der Waals surface area contributed by atoms with E-state index in [0.29, 0.717) is 16.6 Å². The van der Waals surface area contributed by atoms with Crippen molar-refractivity contribution in [1.29, 1.82) is 0 Å². The lowest BCUT2D eigenvalue weighted by Gasteiger charge is -2.05. The average molecular weight is 288 g/mol. The van der Waals surface area contributed by atoms with Gasteiger partial charge in [-0.05, 0) is 40.5 Å². The van der Waals surface area contributed by atoms with Gasteiger partial charge in [0, 0.05) is 12.1 Å². The molecule has 1 amide bonds. The minimum atomic E-state index is -0.330. The highest BCUT2D eigenvalue weighted by Gasteiger charge is 2.04. The van der Waals surface area contributed by atoms with E-state index in [0.717, 1.165) is 19.3 Å². The molecule has 0 aromatic heterocycles. The van der Waals surface area contributed by atoms with Crippen LogP contribution in [0, 0.1) is 5.82 Å². The Morgan fingerprint density at radius 1 is 1.44 bits per heavy atom. The van der Waals surface area contributed by atoms with Crippen LogP contribution < -0.4 is 5.32 Å². The first-order chi connectivity index (χ1) is 7.63. The van der Waals surface area contributed by atoms with Gasteiger partial charge in [0.1, 0.15) is 5.82 Å². The van der Waals surface area contributed by atoms with Crippen molar-refractivity contribution < 1.29 is 9.18 Å². The van der Waals surface area contributed by atoms with Gasteiger partial charge in [-0.3, -0.25) is 4.79 Å². The normalized spacial score (nSPS) is 10.2. The highest BCUT2D eigenvalue weighted by Crippen LogP contribution is 2.20. The second-order valence-electron chi connectivity index (χ2n) is 3.63. The van der Waals surface area contributed by atoms with Crippen molar-refractivity contribution in [2.24, 2.45) is 0 Å². The van der Waals surface area contributed by atoms with Crippen molar-refractivity contribution in [2.75, 3.05) is 5.32 Å². The molecule has 4 heteroatoms. The van der Waals surface area contributed by atoms with Crippen LogP contribution in [0.25, 0.3) is 0 Å². The zero-order chi connectivity index (χ0) is 12.0. The summed E-state index contributed by atoms with van der Waals surface area (Å²) in [5.74, 6) is -0.351. The maximum atomic E-state index is 12.9. The van der Waals surface area contributed by atoms with Crippen molar-refractivity contribution in [1.82, 2.24) is 0 Å². The molecule has 1 N–H and O–H groups in total. The molecule has 0 unspecified atom stereocenters. The minimum Gasteiger partial charge on any atom is -0.326 e. The standard InChI is InChI=1S/C12H15BrFNO/c1-2-3-4-5-12(16)15-9-6-7-11(14)10(13)8-9/h6-8H,2-5H2,1H3,(H,15,16). The Morgan fingerprint density at radius 3 is 2.81 bits per heavy atom. The van der Waals surface area contributed by atoms with E-state index in [1.807, 2.05) is 0 Å². The summed E-state index contributed by atoms with van der Waals surface area (Å²) in [6, 6.07) is 4.44. The summed E-state index contributed by atoms with van der Waals surface area (Å²) in [5, 5.41) is 2.73. The fraction of sp³-hybridized carbons (Fsp3) is 0.417. The first kappa shape index (κ1) is 13.2. The van der Waals surface area contributed by atoms with Gasteiger partial charge in [0.25, 0.3) is 0 Å². The molecule has 2 nitrogen and oxygen atoms in total. The molecule has 16 heavy (non-hydrogen) atoms. The molecular weight excluding hydrogens is 273 g/mol. The first-order valence-corrected chi connectivity index (χ1v) is 6.17. The minimum absolute atomic E-state index is 0.0213. The molecular formula is C12H15BrFNO. The van der Waals surface area contributed by atoms with Gasteiger partial charge in [0.15, 0.2) is 0 Å². The molecule has 0 heterocycles. The Labute approximate surface area is 103 Å². The molecule has 0 radical (unpaired) electrons. The largest absolute Gasteiger partial charge is 0.326 e.